The fraction of sp³-hybridized carbons (Fsp3) is 0.833. The lowest BCUT2D eigenvalue weighted by atomic mass is 9.76. The second kappa shape index (κ2) is 3.84. The van der Waals surface area contributed by atoms with Gasteiger partial charge in [0, 0.05) is 12.3 Å². The number of rotatable bonds is 0. The Morgan fingerprint density at radius 2 is 1.71 bits per heavy atom. The van der Waals surface area contributed by atoms with E-state index in [1.807, 2.05) is 6.92 Å². The van der Waals surface area contributed by atoms with Crippen molar-refractivity contribution in [1.29, 1.82) is 0 Å². The summed E-state index contributed by atoms with van der Waals surface area (Å²) in [5, 5.41) is 0. The molecule has 0 aliphatic heterocycles. The van der Waals surface area contributed by atoms with Gasteiger partial charge in [0.05, 0.1) is 6.42 Å². The van der Waals surface area contributed by atoms with Crippen LogP contribution in [0.3, 0.4) is 0 Å². The second-order valence-corrected chi connectivity index (χ2v) is 4.96. The summed E-state index contributed by atoms with van der Waals surface area (Å²) in [6.07, 6.45) is 5.50. The van der Waals surface area contributed by atoms with E-state index >= 15 is 0 Å². The van der Waals surface area contributed by atoms with Gasteiger partial charge in [-0.15, -0.1) is 0 Å². The number of fused-ring (bicyclic) bond motifs is 6. The lowest BCUT2D eigenvalue weighted by Crippen LogP contribution is -2.23. The molecule has 2 nitrogen and oxygen atoms in total. The maximum Gasteiger partial charge on any atom is 0.143 e. The standard InChI is InChI=1S/C12H18O2/c1-8-10-4-2-9(3-5-10)6-11(13)7-12(8)14/h8-10H,2-7H2,1H3/t8-,9?,10?/m0/s1. The van der Waals surface area contributed by atoms with Crippen LogP contribution in [-0.4, -0.2) is 11.6 Å². The van der Waals surface area contributed by atoms with Crippen molar-refractivity contribution in [3.63, 3.8) is 0 Å². The molecule has 3 fully saturated rings. The van der Waals surface area contributed by atoms with E-state index in [-0.39, 0.29) is 23.9 Å². The van der Waals surface area contributed by atoms with E-state index in [2.05, 4.69) is 0 Å². The van der Waals surface area contributed by atoms with Crippen LogP contribution in [0.25, 0.3) is 0 Å². The minimum atomic E-state index is 0.123. The SMILES string of the molecule is C[C@@H]1C(=O)CC(=O)CC2CCC1CC2. The van der Waals surface area contributed by atoms with E-state index in [1.165, 1.54) is 0 Å². The predicted molar refractivity (Wildman–Crippen MR) is 53.9 cm³/mol. The first-order chi connectivity index (χ1) is 6.66. The van der Waals surface area contributed by atoms with Crippen molar-refractivity contribution in [3.8, 4) is 0 Å². The summed E-state index contributed by atoms with van der Waals surface area (Å²) in [4.78, 5) is 23.2. The average molecular weight is 194 g/mol. The Hall–Kier alpha value is -0.660. The Morgan fingerprint density at radius 1 is 1.07 bits per heavy atom. The summed E-state index contributed by atoms with van der Waals surface area (Å²) in [7, 11) is 0. The first-order valence-electron chi connectivity index (χ1n) is 5.71. The number of carbonyl (C=O) groups excluding carboxylic acids is 2. The fourth-order valence-corrected chi connectivity index (χ4v) is 2.90. The van der Waals surface area contributed by atoms with Gasteiger partial charge in [0.1, 0.15) is 11.6 Å². The molecule has 0 saturated heterocycles. The molecule has 0 radical (unpaired) electrons. The van der Waals surface area contributed by atoms with Crippen molar-refractivity contribution >= 4 is 11.6 Å². The summed E-state index contributed by atoms with van der Waals surface area (Å²) in [6.45, 7) is 2.01. The Kier molecular flexibility index (Phi) is 2.71. The Labute approximate surface area is 85.1 Å². The molecule has 0 N–H and O–H groups in total. The molecule has 0 aromatic rings. The molecule has 0 aromatic carbocycles. The van der Waals surface area contributed by atoms with E-state index in [0.29, 0.717) is 18.3 Å². The maximum absolute atomic E-state index is 11.7. The minimum absolute atomic E-state index is 0.123. The lowest BCUT2D eigenvalue weighted by Gasteiger charge is -2.29. The molecular formula is C12H18O2. The maximum atomic E-state index is 11.7. The van der Waals surface area contributed by atoms with Crippen LogP contribution < -0.4 is 0 Å². The van der Waals surface area contributed by atoms with Gasteiger partial charge in [-0.2, -0.15) is 0 Å². The highest BCUT2D eigenvalue weighted by atomic mass is 16.1. The number of hydrogen-bond acceptors (Lipinski definition) is 2. The van der Waals surface area contributed by atoms with E-state index in [0.717, 1.165) is 25.7 Å². The zero-order valence-electron chi connectivity index (χ0n) is 8.79. The van der Waals surface area contributed by atoms with Gasteiger partial charge in [0.2, 0.25) is 0 Å². The van der Waals surface area contributed by atoms with Gasteiger partial charge in [0.15, 0.2) is 0 Å². The molecule has 78 valence electrons. The molecule has 3 rings (SSSR count). The summed E-state index contributed by atoms with van der Waals surface area (Å²) in [5.74, 6) is 1.62. The Balaban J connectivity index is 2.17. The number of ketones is 2. The third-order valence-electron chi connectivity index (χ3n) is 3.99. The molecule has 0 aromatic heterocycles. The first kappa shape index (κ1) is 9.88. The highest BCUT2D eigenvalue weighted by molar-refractivity contribution is 6.00. The smallest absolute Gasteiger partial charge is 0.143 e. The van der Waals surface area contributed by atoms with E-state index in [4.69, 9.17) is 0 Å². The van der Waals surface area contributed by atoms with Gasteiger partial charge in [-0.3, -0.25) is 9.59 Å². The molecule has 3 aliphatic carbocycles. The van der Waals surface area contributed by atoms with Crippen molar-refractivity contribution in [2.75, 3.05) is 0 Å². The lowest BCUT2D eigenvalue weighted by molar-refractivity contribution is -0.129. The van der Waals surface area contributed by atoms with Crippen molar-refractivity contribution in [3.05, 3.63) is 0 Å². The number of Topliss-reactive ketones (excluding diaryl/α,β-unsaturated/α-hetero) is 2. The molecule has 0 spiro atoms. The second-order valence-electron chi connectivity index (χ2n) is 4.96. The number of carbonyl (C=O) groups is 2. The van der Waals surface area contributed by atoms with Crippen molar-refractivity contribution in [2.45, 2.75) is 45.4 Å². The molecule has 0 unspecified atom stereocenters. The van der Waals surface area contributed by atoms with Gasteiger partial charge in [-0.05, 0) is 37.5 Å². The molecule has 3 saturated carbocycles. The van der Waals surface area contributed by atoms with Crippen LogP contribution >= 0.6 is 0 Å². The van der Waals surface area contributed by atoms with Crippen LogP contribution in [-0.2, 0) is 9.59 Å². The van der Waals surface area contributed by atoms with Crippen molar-refractivity contribution in [1.82, 2.24) is 0 Å². The van der Waals surface area contributed by atoms with E-state index < -0.39 is 0 Å². The first-order valence-corrected chi connectivity index (χ1v) is 5.71. The summed E-state index contributed by atoms with van der Waals surface area (Å²) in [5.41, 5.74) is 0. The Morgan fingerprint density at radius 3 is 2.36 bits per heavy atom. The number of hydrogen-bond donors (Lipinski definition) is 0. The third-order valence-corrected chi connectivity index (χ3v) is 3.99. The normalized spacial score (nSPS) is 39.1. The van der Waals surface area contributed by atoms with Gasteiger partial charge in [-0.1, -0.05) is 6.92 Å². The van der Waals surface area contributed by atoms with Crippen LogP contribution in [0.5, 0.6) is 0 Å². The highest BCUT2D eigenvalue weighted by Gasteiger charge is 2.32. The predicted octanol–water partition coefficient (Wildman–Crippen LogP) is 2.36. The van der Waals surface area contributed by atoms with Crippen molar-refractivity contribution < 1.29 is 9.59 Å². The monoisotopic (exact) mass is 194 g/mol. The largest absolute Gasteiger partial charge is 0.299 e. The topological polar surface area (TPSA) is 34.1 Å². The molecule has 0 heterocycles. The van der Waals surface area contributed by atoms with Gasteiger partial charge < -0.3 is 0 Å². The van der Waals surface area contributed by atoms with Crippen LogP contribution in [0.2, 0.25) is 0 Å². The molecule has 2 bridgehead atoms. The quantitative estimate of drug-likeness (QED) is 0.555. The molecule has 3 aliphatic rings. The van der Waals surface area contributed by atoms with Gasteiger partial charge in [0.25, 0.3) is 0 Å². The zero-order chi connectivity index (χ0) is 10.1. The molecule has 2 heteroatoms. The van der Waals surface area contributed by atoms with Crippen molar-refractivity contribution in [2.24, 2.45) is 17.8 Å². The van der Waals surface area contributed by atoms with Gasteiger partial charge >= 0.3 is 0 Å². The highest BCUT2D eigenvalue weighted by Crippen LogP contribution is 2.37. The van der Waals surface area contributed by atoms with Gasteiger partial charge in [-0.25, -0.2) is 0 Å². The minimum Gasteiger partial charge on any atom is -0.299 e. The average Bonchev–Trinajstić information content (AvgIpc) is 2.23. The summed E-state index contributed by atoms with van der Waals surface area (Å²) in [6, 6.07) is 0. The third kappa shape index (κ3) is 1.89. The summed E-state index contributed by atoms with van der Waals surface area (Å²) < 4.78 is 0. The van der Waals surface area contributed by atoms with E-state index in [1.54, 1.807) is 0 Å². The van der Waals surface area contributed by atoms with E-state index in [9.17, 15) is 9.59 Å². The van der Waals surface area contributed by atoms with Crippen LogP contribution in [0, 0.1) is 17.8 Å². The van der Waals surface area contributed by atoms with Crippen LogP contribution in [0.1, 0.15) is 45.4 Å². The molecular weight excluding hydrogens is 176 g/mol. The fourth-order valence-electron chi connectivity index (χ4n) is 2.90. The molecule has 14 heavy (non-hydrogen) atoms. The van der Waals surface area contributed by atoms with Crippen LogP contribution in [0.15, 0.2) is 0 Å². The Bertz CT molecular complexity index is 249. The zero-order valence-corrected chi connectivity index (χ0v) is 8.79. The molecule has 1 atom stereocenters. The molecule has 0 amide bonds. The van der Waals surface area contributed by atoms with Crippen LogP contribution in [0.4, 0.5) is 0 Å². The summed E-state index contributed by atoms with van der Waals surface area (Å²) >= 11 is 0.